The molecule has 32 heavy (non-hydrogen) atoms. The predicted octanol–water partition coefficient (Wildman–Crippen LogP) is 3.99. The number of carbonyl (C=O) groups excluding carboxylic acids is 1. The average Bonchev–Trinajstić information content (AvgIpc) is 3.30. The first-order valence-electron chi connectivity index (χ1n) is 10.1. The molecule has 1 aromatic heterocycles. The summed E-state index contributed by atoms with van der Waals surface area (Å²) in [5, 5.41) is 11.4. The van der Waals surface area contributed by atoms with Crippen LogP contribution in [0.3, 0.4) is 0 Å². The lowest BCUT2D eigenvalue weighted by atomic mass is 10.1. The molecule has 9 heteroatoms. The highest BCUT2D eigenvalue weighted by molar-refractivity contribution is 7.99. The van der Waals surface area contributed by atoms with Crippen molar-refractivity contribution in [1.29, 1.82) is 0 Å². The first-order chi connectivity index (χ1) is 15.5. The van der Waals surface area contributed by atoms with Crippen LogP contribution in [-0.4, -0.2) is 49.2 Å². The van der Waals surface area contributed by atoms with Crippen LogP contribution in [0.2, 0.25) is 0 Å². The molecule has 8 nitrogen and oxygen atoms in total. The fourth-order valence-corrected chi connectivity index (χ4v) is 3.71. The molecule has 170 valence electrons. The van der Waals surface area contributed by atoms with E-state index in [1.807, 2.05) is 25.1 Å². The minimum Gasteiger partial charge on any atom is -0.493 e. The topological polar surface area (TPSA) is 95.7 Å². The van der Waals surface area contributed by atoms with E-state index in [1.165, 1.54) is 38.7 Å². The number of nitrogens with one attached hydrogen (secondary N) is 1. The van der Waals surface area contributed by atoms with Gasteiger partial charge in [-0.25, -0.2) is 0 Å². The van der Waals surface area contributed by atoms with Crippen LogP contribution in [0.5, 0.6) is 17.2 Å². The molecule has 3 aromatic rings. The van der Waals surface area contributed by atoms with E-state index in [1.54, 1.807) is 12.1 Å². The van der Waals surface area contributed by atoms with Crippen LogP contribution in [0.1, 0.15) is 18.9 Å². The Kier molecular flexibility index (Phi) is 8.38. The normalized spacial score (nSPS) is 11.6. The summed E-state index contributed by atoms with van der Waals surface area (Å²) in [5.41, 5.74) is 1.88. The van der Waals surface area contributed by atoms with Crippen LogP contribution in [0.25, 0.3) is 11.5 Å². The van der Waals surface area contributed by atoms with E-state index >= 15 is 0 Å². The van der Waals surface area contributed by atoms with Gasteiger partial charge in [-0.1, -0.05) is 42.1 Å². The summed E-state index contributed by atoms with van der Waals surface area (Å²) in [4.78, 5) is 12.3. The highest BCUT2D eigenvalue weighted by Crippen LogP contribution is 2.41. The lowest BCUT2D eigenvalue weighted by Gasteiger charge is -2.13. The molecular weight excluding hydrogens is 430 g/mol. The number of thioether (sulfide) groups is 1. The predicted molar refractivity (Wildman–Crippen MR) is 122 cm³/mol. The second kappa shape index (κ2) is 11.4. The van der Waals surface area contributed by atoms with Gasteiger partial charge in [-0.2, -0.15) is 0 Å². The minimum atomic E-state index is -0.0805. The third-order valence-electron chi connectivity index (χ3n) is 4.76. The Bertz CT molecular complexity index is 1000. The Hall–Kier alpha value is -3.20. The Balaban J connectivity index is 1.54. The number of nitrogens with zero attached hydrogens (tertiary/aromatic N) is 2. The van der Waals surface area contributed by atoms with Gasteiger partial charge in [0.1, 0.15) is 0 Å². The van der Waals surface area contributed by atoms with E-state index < -0.39 is 0 Å². The first kappa shape index (κ1) is 23.5. The fraction of sp³-hybridized carbons (Fsp3) is 0.348. The standard InChI is InChI=1S/C23H27N3O5S/c1-15(10-11-16-8-6-5-7-9-16)24-20(27)14-32-23-26-25-22(31-23)17-12-18(28-2)21(30-4)19(13-17)29-3/h5-9,12-13,15H,10-11,14H2,1-4H3,(H,24,27). The van der Waals surface area contributed by atoms with Crippen molar-refractivity contribution in [1.82, 2.24) is 15.5 Å². The van der Waals surface area contributed by atoms with Crippen LogP contribution in [-0.2, 0) is 11.2 Å². The van der Waals surface area contributed by atoms with Crippen molar-refractivity contribution >= 4 is 17.7 Å². The summed E-state index contributed by atoms with van der Waals surface area (Å²) in [7, 11) is 4.61. The molecule has 0 saturated carbocycles. The van der Waals surface area contributed by atoms with E-state index in [9.17, 15) is 4.79 Å². The smallest absolute Gasteiger partial charge is 0.277 e. The van der Waals surface area contributed by atoms with Gasteiger partial charge in [-0.05, 0) is 37.5 Å². The van der Waals surface area contributed by atoms with Crippen LogP contribution in [0.4, 0.5) is 0 Å². The van der Waals surface area contributed by atoms with E-state index in [-0.39, 0.29) is 17.7 Å². The molecular formula is C23H27N3O5S. The number of hydrogen-bond donors (Lipinski definition) is 1. The van der Waals surface area contributed by atoms with Crippen LogP contribution in [0.15, 0.2) is 52.1 Å². The van der Waals surface area contributed by atoms with Crippen molar-refractivity contribution in [2.24, 2.45) is 0 Å². The van der Waals surface area contributed by atoms with Gasteiger partial charge < -0.3 is 23.9 Å². The monoisotopic (exact) mass is 457 g/mol. The highest BCUT2D eigenvalue weighted by atomic mass is 32.2. The zero-order valence-electron chi connectivity index (χ0n) is 18.6. The Morgan fingerprint density at radius 3 is 2.38 bits per heavy atom. The molecule has 3 rings (SSSR count). The second-order valence-electron chi connectivity index (χ2n) is 7.07. The molecule has 1 N–H and O–H groups in total. The van der Waals surface area contributed by atoms with Crippen molar-refractivity contribution in [3.63, 3.8) is 0 Å². The van der Waals surface area contributed by atoms with E-state index in [0.717, 1.165) is 12.8 Å². The fourth-order valence-electron chi connectivity index (χ4n) is 3.13. The molecule has 2 aromatic carbocycles. The Morgan fingerprint density at radius 1 is 1.06 bits per heavy atom. The summed E-state index contributed by atoms with van der Waals surface area (Å²) >= 11 is 1.19. The lowest BCUT2D eigenvalue weighted by molar-refractivity contribution is -0.119. The summed E-state index contributed by atoms with van der Waals surface area (Å²) < 4.78 is 21.8. The van der Waals surface area contributed by atoms with Crippen molar-refractivity contribution < 1.29 is 23.4 Å². The van der Waals surface area contributed by atoms with Crippen molar-refractivity contribution in [2.75, 3.05) is 27.1 Å². The molecule has 1 unspecified atom stereocenters. The summed E-state index contributed by atoms with van der Waals surface area (Å²) in [6.07, 6.45) is 1.78. The van der Waals surface area contributed by atoms with Gasteiger partial charge in [0, 0.05) is 11.6 Å². The van der Waals surface area contributed by atoms with Crippen LogP contribution < -0.4 is 19.5 Å². The van der Waals surface area contributed by atoms with Gasteiger partial charge in [0.25, 0.3) is 5.22 Å². The molecule has 0 aliphatic carbocycles. The molecule has 0 aliphatic heterocycles. The van der Waals surface area contributed by atoms with E-state index in [2.05, 4.69) is 27.6 Å². The van der Waals surface area contributed by atoms with Crippen molar-refractivity contribution in [3.05, 3.63) is 48.0 Å². The van der Waals surface area contributed by atoms with E-state index in [0.29, 0.717) is 33.9 Å². The van der Waals surface area contributed by atoms with Crippen LogP contribution >= 0.6 is 11.8 Å². The summed E-state index contributed by atoms with van der Waals surface area (Å²) in [5.74, 6) is 1.85. The molecule has 0 spiro atoms. The van der Waals surface area contributed by atoms with Gasteiger partial charge >= 0.3 is 0 Å². The van der Waals surface area contributed by atoms with Gasteiger partial charge in [0.15, 0.2) is 11.5 Å². The number of hydrogen-bond acceptors (Lipinski definition) is 8. The third kappa shape index (κ3) is 6.16. The van der Waals surface area contributed by atoms with Gasteiger partial charge in [-0.3, -0.25) is 4.79 Å². The van der Waals surface area contributed by atoms with Gasteiger partial charge in [-0.15, -0.1) is 10.2 Å². The van der Waals surface area contributed by atoms with E-state index in [4.69, 9.17) is 18.6 Å². The number of aryl methyl sites for hydroxylation is 1. The second-order valence-corrected chi connectivity index (χ2v) is 8.00. The zero-order chi connectivity index (χ0) is 22.9. The molecule has 0 fully saturated rings. The maximum Gasteiger partial charge on any atom is 0.277 e. The third-order valence-corrected chi connectivity index (χ3v) is 5.58. The summed E-state index contributed by atoms with van der Waals surface area (Å²) in [6, 6.07) is 13.7. The largest absolute Gasteiger partial charge is 0.493 e. The number of amides is 1. The number of methoxy groups -OCH3 is 3. The van der Waals surface area contributed by atoms with Crippen molar-refractivity contribution in [2.45, 2.75) is 31.0 Å². The van der Waals surface area contributed by atoms with Crippen molar-refractivity contribution in [3.8, 4) is 28.7 Å². The number of carbonyl (C=O) groups is 1. The molecule has 0 aliphatic rings. The lowest BCUT2D eigenvalue weighted by Crippen LogP contribution is -2.34. The van der Waals surface area contributed by atoms with Crippen LogP contribution in [0, 0.1) is 0 Å². The van der Waals surface area contributed by atoms with Gasteiger partial charge in [0.05, 0.1) is 27.1 Å². The number of rotatable bonds is 11. The molecule has 1 heterocycles. The highest BCUT2D eigenvalue weighted by Gasteiger charge is 2.18. The quantitative estimate of drug-likeness (QED) is 0.432. The first-order valence-corrected chi connectivity index (χ1v) is 11.1. The molecule has 0 bridgehead atoms. The Morgan fingerprint density at radius 2 is 1.75 bits per heavy atom. The number of ether oxygens (including phenoxy) is 3. The SMILES string of the molecule is COc1cc(-c2nnc(SCC(=O)NC(C)CCc3ccccc3)o2)cc(OC)c1OC. The molecule has 0 saturated heterocycles. The molecule has 1 amide bonds. The van der Waals surface area contributed by atoms with Gasteiger partial charge in [0.2, 0.25) is 17.5 Å². The number of aromatic nitrogens is 2. The maximum atomic E-state index is 12.3. The molecule has 1 atom stereocenters. The number of benzene rings is 2. The minimum absolute atomic E-state index is 0.0702. The zero-order valence-corrected chi connectivity index (χ0v) is 19.4. The maximum absolute atomic E-state index is 12.3. The average molecular weight is 458 g/mol. The molecule has 0 radical (unpaired) electrons. The summed E-state index contributed by atoms with van der Waals surface area (Å²) in [6.45, 7) is 2.00. The Labute approximate surface area is 191 Å².